The smallest absolute Gasteiger partial charge is 0.221 e. The number of hydrogen-bond donors (Lipinski definition) is 2. The number of nitrogens with one attached hydrogen (secondary N) is 1. The average molecular weight is 242 g/mol. The van der Waals surface area contributed by atoms with Crippen LogP contribution in [0.3, 0.4) is 0 Å². The molecule has 100 valence electrons. The van der Waals surface area contributed by atoms with Gasteiger partial charge in [-0.05, 0) is 26.9 Å². The van der Waals surface area contributed by atoms with Gasteiger partial charge in [-0.3, -0.25) is 4.79 Å². The van der Waals surface area contributed by atoms with Gasteiger partial charge in [0.1, 0.15) is 0 Å². The van der Waals surface area contributed by atoms with E-state index in [1.54, 1.807) is 0 Å². The lowest BCUT2D eigenvalue weighted by Gasteiger charge is -2.26. The first kappa shape index (κ1) is 14.5. The van der Waals surface area contributed by atoms with E-state index in [1.165, 1.54) is 12.8 Å². The fourth-order valence-corrected chi connectivity index (χ4v) is 2.24. The van der Waals surface area contributed by atoms with E-state index in [0.29, 0.717) is 13.0 Å². The predicted octanol–water partition coefficient (Wildman–Crippen LogP) is 1.14. The third-order valence-corrected chi connectivity index (χ3v) is 3.43. The van der Waals surface area contributed by atoms with Gasteiger partial charge < -0.3 is 15.3 Å². The normalized spacial score (nSPS) is 20.0. The van der Waals surface area contributed by atoms with Crippen molar-refractivity contribution < 1.29 is 9.90 Å². The molecule has 0 heterocycles. The number of rotatable bonds is 5. The van der Waals surface area contributed by atoms with E-state index in [4.69, 9.17) is 0 Å². The molecule has 0 aromatic rings. The van der Waals surface area contributed by atoms with Gasteiger partial charge in [-0.1, -0.05) is 25.7 Å². The molecule has 0 spiro atoms. The predicted molar refractivity (Wildman–Crippen MR) is 68.8 cm³/mol. The van der Waals surface area contributed by atoms with Gasteiger partial charge in [-0.15, -0.1) is 0 Å². The zero-order valence-electron chi connectivity index (χ0n) is 11.2. The Labute approximate surface area is 104 Å². The maximum atomic E-state index is 11.6. The van der Waals surface area contributed by atoms with Crippen molar-refractivity contribution in [3.05, 3.63) is 0 Å². The van der Waals surface area contributed by atoms with Gasteiger partial charge in [-0.25, -0.2) is 0 Å². The minimum absolute atomic E-state index is 0.0383. The number of carbonyl (C=O) groups is 1. The molecule has 0 bridgehead atoms. The fourth-order valence-electron chi connectivity index (χ4n) is 2.24. The van der Waals surface area contributed by atoms with E-state index in [0.717, 1.165) is 32.2 Å². The maximum absolute atomic E-state index is 11.6. The van der Waals surface area contributed by atoms with E-state index in [2.05, 4.69) is 5.32 Å². The van der Waals surface area contributed by atoms with Crippen molar-refractivity contribution in [3.8, 4) is 0 Å². The van der Waals surface area contributed by atoms with Crippen molar-refractivity contribution in [1.29, 1.82) is 0 Å². The summed E-state index contributed by atoms with van der Waals surface area (Å²) >= 11 is 0. The van der Waals surface area contributed by atoms with Crippen LogP contribution in [0, 0.1) is 0 Å². The first-order valence-corrected chi connectivity index (χ1v) is 6.66. The van der Waals surface area contributed by atoms with Crippen molar-refractivity contribution in [1.82, 2.24) is 10.2 Å². The molecule has 0 atom stereocenters. The lowest BCUT2D eigenvalue weighted by molar-refractivity contribution is -0.122. The largest absolute Gasteiger partial charge is 0.388 e. The van der Waals surface area contributed by atoms with Crippen molar-refractivity contribution in [2.75, 3.05) is 27.2 Å². The number of aliphatic hydroxyl groups is 1. The summed E-state index contributed by atoms with van der Waals surface area (Å²) in [5, 5.41) is 13.2. The molecule has 2 N–H and O–H groups in total. The van der Waals surface area contributed by atoms with Gasteiger partial charge in [0.25, 0.3) is 0 Å². The summed E-state index contributed by atoms with van der Waals surface area (Å²) in [4.78, 5) is 13.6. The van der Waals surface area contributed by atoms with Crippen LogP contribution >= 0.6 is 0 Å². The molecule has 1 aliphatic carbocycles. The van der Waals surface area contributed by atoms with Gasteiger partial charge in [-0.2, -0.15) is 0 Å². The van der Waals surface area contributed by atoms with E-state index in [1.807, 2.05) is 19.0 Å². The van der Waals surface area contributed by atoms with Crippen molar-refractivity contribution in [3.63, 3.8) is 0 Å². The van der Waals surface area contributed by atoms with Crippen LogP contribution in [0.1, 0.15) is 44.9 Å². The highest BCUT2D eigenvalue weighted by molar-refractivity contribution is 5.76. The molecule has 17 heavy (non-hydrogen) atoms. The standard InChI is InChI=1S/C13H26N2O2/c1-15(2)10-7-12(16)14-11-13(17)8-5-3-4-6-9-13/h17H,3-11H2,1-2H3,(H,14,16). The number of hydrogen-bond acceptors (Lipinski definition) is 3. The van der Waals surface area contributed by atoms with Gasteiger partial charge in [0.05, 0.1) is 5.60 Å². The second-order valence-electron chi connectivity index (χ2n) is 5.47. The average Bonchev–Trinajstić information content (AvgIpc) is 2.49. The Morgan fingerprint density at radius 3 is 2.35 bits per heavy atom. The molecule has 1 saturated carbocycles. The SMILES string of the molecule is CN(C)CCC(=O)NCC1(O)CCCCCC1. The first-order chi connectivity index (χ1) is 8.02. The molecule has 0 aromatic heterocycles. The van der Waals surface area contributed by atoms with Crippen LogP contribution in [0.25, 0.3) is 0 Å². The van der Waals surface area contributed by atoms with Crippen LogP contribution < -0.4 is 5.32 Å². The molecule has 1 aliphatic rings. The molecule has 0 aromatic carbocycles. The molecule has 4 nitrogen and oxygen atoms in total. The summed E-state index contributed by atoms with van der Waals surface area (Å²) in [6, 6.07) is 0. The first-order valence-electron chi connectivity index (χ1n) is 6.66. The Morgan fingerprint density at radius 1 is 1.24 bits per heavy atom. The molecule has 0 radical (unpaired) electrons. The molecule has 0 unspecified atom stereocenters. The van der Waals surface area contributed by atoms with Gasteiger partial charge in [0, 0.05) is 19.5 Å². The van der Waals surface area contributed by atoms with Crippen LogP contribution in [0.15, 0.2) is 0 Å². The van der Waals surface area contributed by atoms with Crippen LogP contribution in [-0.4, -0.2) is 48.7 Å². The summed E-state index contributed by atoms with van der Waals surface area (Å²) in [6.07, 6.45) is 6.70. The lowest BCUT2D eigenvalue weighted by Crippen LogP contribution is -2.43. The van der Waals surface area contributed by atoms with E-state index in [9.17, 15) is 9.90 Å². The highest BCUT2D eigenvalue weighted by Crippen LogP contribution is 2.26. The fraction of sp³-hybridized carbons (Fsp3) is 0.923. The summed E-state index contributed by atoms with van der Waals surface area (Å²) < 4.78 is 0. The summed E-state index contributed by atoms with van der Waals surface area (Å²) in [6.45, 7) is 1.17. The quantitative estimate of drug-likeness (QED) is 0.711. The molecule has 4 heteroatoms. The van der Waals surface area contributed by atoms with Crippen molar-refractivity contribution in [2.24, 2.45) is 0 Å². The number of amides is 1. The van der Waals surface area contributed by atoms with Crippen LogP contribution in [0.5, 0.6) is 0 Å². The molecular formula is C13H26N2O2. The molecule has 1 fully saturated rings. The molecule has 0 aliphatic heterocycles. The Kier molecular flexibility index (Phi) is 5.92. The van der Waals surface area contributed by atoms with Crippen LogP contribution in [0.2, 0.25) is 0 Å². The van der Waals surface area contributed by atoms with Crippen molar-refractivity contribution in [2.45, 2.75) is 50.5 Å². The maximum Gasteiger partial charge on any atom is 0.221 e. The minimum Gasteiger partial charge on any atom is -0.388 e. The van der Waals surface area contributed by atoms with Gasteiger partial charge in [0.2, 0.25) is 5.91 Å². The van der Waals surface area contributed by atoms with E-state index < -0.39 is 5.60 Å². The third-order valence-electron chi connectivity index (χ3n) is 3.43. The second kappa shape index (κ2) is 6.97. The van der Waals surface area contributed by atoms with Crippen LogP contribution in [-0.2, 0) is 4.79 Å². The van der Waals surface area contributed by atoms with E-state index in [-0.39, 0.29) is 5.91 Å². The zero-order valence-corrected chi connectivity index (χ0v) is 11.2. The van der Waals surface area contributed by atoms with Gasteiger partial charge >= 0.3 is 0 Å². The highest BCUT2D eigenvalue weighted by Gasteiger charge is 2.28. The molecular weight excluding hydrogens is 216 g/mol. The Bertz CT molecular complexity index is 234. The molecule has 0 saturated heterocycles. The van der Waals surface area contributed by atoms with Crippen LogP contribution in [0.4, 0.5) is 0 Å². The number of carbonyl (C=O) groups excluding carboxylic acids is 1. The number of nitrogens with zero attached hydrogens (tertiary/aromatic N) is 1. The summed E-state index contributed by atoms with van der Waals surface area (Å²) in [5.74, 6) is 0.0383. The highest BCUT2D eigenvalue weighted by atomic mass is 16.3. The zero-order chi connectivity index (χ0) is 12.7. The molecule has 1 amide bonds. The summed E-state index contributed by atoms with van der Waals surface area (Å²) in [5.41, 5.74) is -0.662. The van der Waals surface area contributed by atoms with Gasteiger partial charge in [0.15, 0.2) is 0 Å². The minimum atomic E-state index is -0.662. The Hall–Kier alpha value is -0.610. The topological polar surface area (TPSA) is 52.6 Å². The third kappa shape index (κ3) is 6.03. The molecule has 1 rings (SSSR count). The monoisotopic (exact) mass is 242 g/mol. The second-order valence-corrected chi connectivity index (χ2v) is 5.47. The lowest BCUT2D eigenvalue weighted by atomic mass is 9.94. The van der Waals surface area contributed by atoms with Crippen molar-refractivity contribution >= 4 is 5.91 Å². The Balaban J connectivity index is 2.25. The van der Waals surface area contributed by atoms with E-state index >= 15 is 0 Å². The summed E-state index contributed by atoms with van der Waals surface area (Å²) in [7, 11) is 3.90. The Morgan fingerprint density at radius 2 is 1.82 bits per heavy atom.